The highest BCUT2D eigenvalue weighted by Gasteiger charge is 2.48. The molecule has 122 valence electrons. The number of ketones is 1. The highest BCUT2D eigenvalue weighted by molar-refractivity contribution is 5.98. The lowest BCUT2D eigenvalue weighted by atomic mass is 9.62. The van der Waals surface area contributed by atoms with Crippen LogP contribution in [-0.4, -0.2) is 29.6 Å². The molecule has 0 amide bonds. The number of methoxy groups -OCH3 is 1. The zero-order chi connectivity index (χ0) is 17.1. The number of esters is 1. The minimum atomic E-state index is -1.21. The fourth-order valence-electron chi connectivity index (χ4n) is 2.95. The van der Waals surface area contributed by atoms with Crippen molar-refractivity contribution < 1.29 is 19.4 Å². The minimum Gasteiger partial charge on any atom is -0.466 e. The summed E-state index contributed by atoms with van der Waals surface area (Å²) in [6.07, 6.45) is 5.65. The van der Waals surface area contributed by atoms with Crippen LogP contribution in [0.3, 0.4) is 0 Å². The van der Waals surface area contributed by atoms with Crippen molar-refractivity contribution in [2.75, 3.05) is 7.11 Å². The molecular weight excluding hydrogens is 280 g/mol. The molecule has 4 heteroatoms. The first kappa shape index (κ1) is 18.4. The number of carbonyl (C=O) groups excluding carboxylic acids is 2. The Morgan fingerprint density at radius 2 is 2.00 bits per heavy atom. The Labute approximate surface area is 132 Å². The second-order valence-corrected chi connectivity index (χ2v) is 6.45. The van der Waals surface area contributed by atoms with E-state index < -0.39 is 17.0 Å². The van der Waals surface area contributed by atoms with Gasteiger partial charge in [0.1, 0.15) is 5.60 Å². The van der Waals surface area contributed by atoms with Gasteiger partial charge in [0.25, 0.3) is 0 Å². The average molecular weight is 306 g/mol. The van der Waals surface area contributed by atoms with Crippen molar-refractivity contribution in [3.8, 4) is 0 Å². The third-order valence-corrected chi connectivity index (χ3v) is 4.48. The molecule has 0 saturated carbocycles. The number of allylic oxidation sites excluding steroid dienone is 3. The van der Waals surface area contributed by atoms with Gasteiger partial charge < -0.3 is 9.84 Å². The topological polar surface area (TPSA) is 63.6 Å². The second kappa shape index (κ2) is 6.61. The first-order valence-electron chi connectivity index (χ1n) is 7.50. The molecule has 0 unspecified atom stereocenters. The Morgan fingerprint density at radius 1 is 1.41 bits per heavy atom. The summed E-state index contributed by atoms with van der Waals surface area (Å²) in [5.74, 6) is -0.335. The van der Waals surface area contributed by atoms with Gasteiger partial charge in [-0.2, -0.15) is 0 Å². The summed E-state index contributed by atoms with van der Waals surface area (Å²) >= 11 is 0. The van der Waals surface area contributed by atoms with Crippen LogP contribution in [0.1, 0.15) is 47.5 Å². The van der Waals surface area contributed by atoms with E-state index in [-0.39, 0.29) is 5.78 Å². The quantitative estimate of drug-likeness (QED) is 0.492. The second-order valence-electron chi connectivity index (χ2n) is 6.45. The smallest absolute Gasteiger partial charge is 0.330 e. The van der Waals surface area contributed by atoms with Crippen LogP contribution in [0.5, 0.6) is 0 Å². The van der Waals surface area contributed by atoms with Gasteiger partial charge in [-0.15, -0.1) is 0 Å². The van der Waals surface area contributed by atoms with Gasteiger partial charge in [0.2, 0.25) is 0 Å². The van der Waals surface area contributed by atoms with E-state index >= 15 is 0 Å². The molecular formula is C18H26O4. The number of aliphatic hydroxyl groups is 1. The third-order valence-electron chi connectivity index (χ3n) is 4.48. The monoisotopic (exact) mass is 306 g/mol. The summed E-state index contributed by atoms with van der Waals surface area (Å²) in [5, 5.41) is 11.2. The highest BCUT2D eigenvalue weighted by Crippen LogP contribution is 2.47. The molecule has 1 rings (SSSR count). The zero-order valence-electron chi connectivity index (χ0n) is 14.3. The molecule has 0 aromatic heterocycles. The van der Waals surface area contributed by atoms with Gasteiger partial charge in [-0.05, 0) is 43.1 Å². The maximum atomic E-state index is 12.2. The number of hydrogen-bond acceptors (Lipinski definition) is 4. The molecule has 0 aliphatic heterocycles. The Bertz CT molecular complexity index is 564. The molecule has 1 aliphatic carbocycles. The Balaban J connectivity index is 3.28. The van der Waals surface area contributed by atoms with Crippen molar-refractivity contribution in [3.05, 3.63) is 34.9 Å². The lowest BCUT2D eigenvalue weighted by Gasteiger charge is -2.45. The molecule has 0 aromatic carbocycles. The summed E-state index contributed by atoms with van der Waals surface area (Å²) < 4.78 is 4.58. The van der Waals surface area contributed by atoms with Gasteiger partial charge in [0.15, 0.2) is 5.78 Å². The molecule has 0 saturated heterocycles. The molecule has 0 fully saturated rings. The number of ether oxygens (including phenoxy) is 1. The number of hydrogen-bond donors (Lipinski definition) is 1. The maximum absolute atomic E-state index is 12.2. The van der Waals surface area contributed by atoms with E-state index in [9.17, 15) is 14.7 Å². The molecule has 22 heavy (non-hydrogen) atoms. The summed E-state index contributed by atoms with van der Waals surface area (Å²) in [6.45, 7) is 9.25. The maximum Gasteiger partial charge on any atom is 0.330 e. The van der Waals surface area contributed by atoms with E-state index in [1.54, 1.807) is 26.0 Å². The fraction of sp³-hybridized carbons (Fsp3) is 0.556. The largest absolute Gasteiger partial charge is 0.466 e. The summed E-state index contributed by atoms with van der Waals surface area (Å²) in [5.41, 5.74) is 0.255. The SMILES string of the molecule is CCC1=C(C)[C@](O)(/C=C/C(C)=C\C(=O)OC)C(C)(C)CC1=O. The summed E-state index contributed by atoms with van der Waals surface area (Å²) in [6, 6.07) is 0. The molecule has 0 heterocycles. The van der Waals surface area contributed by atoms with Crippen LogP contribution in [0, 0.1) is 5.41 Å². The van der Waals surface area contributed by atoms with Crippen LogP contribution < -0.4 is 0 Å². The molecule has 1 N–H and O–H groups in total. The molecule has 4 nitrogen and oxygen atoms in total. The normalized spacial score (nSPS) is 25.8. The predicted molar refractivity (Wildman–Crippen MR) is 86.3 cm³/mol. The third kappa shape index (κ3) is 3.38. The average Bonchev–Trinajstić information content (AvgIpc) is 2.43. The van der Waals surface area contributed by atoms with Crippen molar-refractivity contribution in [2.45, 2.75) is 53.1 Å². The number of Topliss-reactive ketones (excluding diaryl/α,β-unsaturated/α-hetero) is 1. The van der Waals surface area contributed by atoms with Crippen LogP contribution in [0.2, 0.25) is 0 Å². The highest BCUT2D eigenvalue weighted by atomic mass is 16.5. The van der Waals surface area contributed by atoms with Gasteiger partial charge in [-0.1, -0.05) is 26.8 Å². The first-order chi connectivity index (χ1) is 10.1. The Kier molecular flexibility index (Phi) is 5.52. The van der Waals surface area contributed by atoms with Crippen LogP contribution in [-0.2, 0) is 14.3 Å². The van der Waals surface area contributed by atoms with Gasteiger partial charge >= 0.3 is 5.97 Å². The van der Waals surface area contributed by atoms with Crippen molar-refractivity contribution in [3.63, 3.8) is 0 Å². The summed E-state index contributed by atoms with van der Waals surface area (Å²) in [7, 11) is 1.32. The standard InChI is InChI=1S/C18H26O4/c1-7-14-13(3)18(21,17(4,5)11-15(14)19)9-8-12(2)10-16(20)22-6/h8-10,21H,7,11H2,1-6H3/b9-8+,12-10-/t18-/m1/s1. The van der Waals surface area contributed by atoms with Crippen LogP contribution in [0.25, 0.3) is 0 Å². The lowest BCUT2D eigenvalue weighted by molar-refractivity contribution is -0.134. The van der Waals surface area contributed by atoms with Crippen molar-refractivity contribution in [2.24, 2.45) is 5.41 Å². The van der Waals surface area contributed by atoms with Gasteiger partial charge in [-0.25, -0.2) is 4.79 Å². The van der Waals surface area contributed by atoms with E-state index in [1.165, 1.54) is 13.2 Å². The van der Waals surface area contributed by atoms with Crippen LogP contribution in [0.4, 0.5) is 0 Å². The molecule has 0 aromatic rings. The van der Waals surface area contributed by atoms with E-state index in [0.29, 0.717) is 29.6 Å². The van der Waals surface area contributed by atoms with Crippen LogP contribution in [0.15, 0.2) is 34.9 Å². The Hall–Kier alpha value is -1.68. The Morgan fingerprint density at radius 3 is 2.50 bits per heavy atom. The van der Waals surface area contributed by atoms with Gasteiger partial charge in [-0.3, -0.25) is 4.79 Å². The lowest BCUT2D eigenvalue weighted by Crippen LogP contribution is -2.49. The molecule has 0 bridgehead atoms. The fourth-order valence-corrected chi connectivity index (χ4v) is 2.95. The molecule has 0 spiro atoms. The summed E-state index contributed by atoms with van der Waals surface area (Å²) in [4.78, 5) is 23.4. The van der Waals surface area contributed by atoms with Crippen molar-refractivity contribution in [1.29, 1.82) is 0 Å². The van der Waals surface area contributed by atoms with E-state index in [1.807, 2.05) is 20.8 Å². The molecule has 1 aliphatic rings. The number of rotatable bonds is 4. The van der Waals surface area contributed by atoms with Gasteiger partial charge in [0, 0.05) is 17.9 Å². The van der Waals surface area contributed by atoms with E-state index in [0.717, 1.165) is 0 Å². The van der Waals surface area contributed by atoms with E-state index in [4.69, 9.17) is 0 Å². The minimum absolute atomic E-state index is 0.102. The van der Waals surface area contributed by atoms with Crippen molar-refractivity contribution >= 4 is 11.8 Å². The predicted octanol–water partition coefficient (Wildman–Crippen LogP) is 3.12. The first-order valence-corrected chi connectivity index (χ1v) is 7.50. The van der Waals surface area contributed by atoms with E-state index in [2.05, 4.69) is 4.74 Å². The van der Waals surface area contributed by atoms with Crippen LogP contribution >= 0.6 is 0 Å². The number of carbonyl (C=O) groups is 2. The molecule has 1 atom stereocenters. The van der Waals surface area contributed by atoms with Crippen molar-refractivity contribution in [1.82, 2.24) is 0 Å². The van der Waals surface area contributed by atoms with Gasteiger partial charge in [0.05, 0.1) is 7.11 Å². The molecule has 0 radical (unpaired) electrons. The zero-order valence-corrected chi connectivity index (χ0v) is 14.3.